The number of aryl methyl sites for hydroxylation is 1. The van der Waals surface area contributed by atoms with E-state index in [0.717, 1.165) is 11.1 Å². The minimum atomic E-state index is -0.303. The lowest BCUT2D eigenvalue weighted by molar-refractivity contribution is -0.115. The van der Waals surface area contributed by atoms with E-state index in [9.17, 15) is 9.18 Å². The fourth-order valence-electron chi connectivity index (χ4n) is 2.23. The fraction of sp³-hybridized carbons (Fsp3) is 0.105. The van der Waals surface area contributed by atoms with Gasteiger partial charge in [0.25, 0.3) is 0 Å². The summed E-state index contributed by atoms with van der Waals surface area (Å²) in [6.07, 6.45) is 0.275. The number of nitrogens with zero attached hydrogens (tertiary/aromatic N) is 2. The third-order valence-corrected chi connectivity index (χ3v) is 3.53. The van der Waals surface area contributed by atoms with Crippen molar-refractivity contribution in [3.8, 4) is 0 Å². The first-order valence-electron chi connectivity index (χ1n) is 7.80. The van der Waals surface area contributed by atoms with E-state index in [2.05, 4.69) is 20.8 Å². The molecule has 2 aromatic carbocycles. The summed E-state index contributed by atoms with van der Waals surface area (Å²) in [7, 11) is 0. The first-order valence-corrected chi connectivity index (χ1v) is 7.80. The van der Waals surface area contributed by atoms with Crippen LogP contribution in [0.5, 0.6) is 0 Å². The van der Waals surface area contributed by atoms with Crippen LogP contribution >= 0.6 is 0 Å². The molecule has 1 amide bonds. The Morgan fingerprint density at radius 2 is 1.56 bits per heavy atom. The molecule has 5 nitrogen and oxygen atoms in total. The molecule has 25 heavy (non-hydrogen) atoms. The summed E-state index contributed by atoms with van der Waals surface area (Å²) in [6, 6.07) is 17.1. The van der Waals surface area contributed by atoms with Crippen molar-refractivity contribution in [1.82, 2.24) is 10.2 Å². The van der Waals surface area contributed by atoms with Gasteiger partial charge in [-0.05, 0) is 48.9 Å². The molecule has 0 unspecified atom stereocenters. The van der Waals surface area contributed by atoms with Crippen LogP contribution in [-0.4, -0.2) is 16.1 Å². The number of amides is 1. The van der Waals surface area contributed by atoms with Crippen LogP contribution in [0, 0.1) is 12.7 Å². The minimum Gasteiger partial charge on any atom is -0.339 e. The maximum atomic E-state index is 12.9. The molecule has 0 aliphatic heterocycles. The van der Waals surface area contributed by atoms with E-state index in [1.807, 2.05) is 31.2 Å². The van der Waals surface area contributed by atoms with Crippen molar-refractivity contribution in [1.29, 1.82) is 0 Å². The molecule has 0 bridgehead atoms. The number of halogens is 1. The van der Waals surface area contributed by atoms with Crippen LogP contribution < -0.4 is 10.6 Å². The van der Waals surface area contributed by atoms with Crippen molar-refractivity contribution in [2.75, 3.05) is 10.6 Å². The molecule has 3 rings (SSSR count). The van der Waals surface area contributed by atoms with Crippen molar-refractivity contribution >= 4 is 23.2 Å². The quantitative estimate of drug-likeness (QED) is 0.743. The standard InChI is InChI=1S/C19H17FN4O/c1-13-2-4-14(5-3-13)12-19(25)22-18-11-10-17(23-24-18)21-16-8-6-15(20)7-9-16/h2-11H,12H2,1H3,(H,21,23)(H,22,24,25). The summed E-state index contributed by atoms with van der Waals surface area (Å²) >= 11 is 0. The Kier molecular flexibility index (Phi) is 4.99. The summed E-state index contributed by atoms with van der Waals surface area (Å²) in [6.45, 7) is 2.00. The molecule has 0 aliphatic rings. The second-order valence-corrected chi connectivity index (χ2v) is 5.65. The Labute approximate surface area is 144 Å². The maximum Gasteiger partial charge on any atom is 0.229 e. The van der Waals surface area contributed by atoms with E-state index in [1.54, 1.807) is 24.3 Å². The van der Waals surface area contributed by atoms with Gasteiger partial charge in [0.15, 0.2) is 11.6 Å². The Hall–Kier alpha value is -3.28. The topological polar surface area (TPSA) is 66.9 Å². The molecule has 0 aliphatic carbocycles. The van der Waals surface area contributed by atoms with Crippen LogP contribution in [0.2, 0.25) is 0 Å². The van der Waals surface area contributed by atoms with E-state index in [1.165, 1.54) is 12.1 Å². The highest BCUT2D eigenvalue weighted by Crippen LogP contribution is 2.15. The van der Waals surface area contributed by atoms with E-state index in [0.29, 0.717) is 17.3 Å². The summed E-state index contributed by atoms with van der Waals surface area (Å²) in [5.74, 6) is 0.422. The molecule has 1 heterocycles. The highest BCUT2D eigenvalue weighted by Gasteiger charge is 2.06. The number of carbonyl (C=O) groups excluding carboxylic acids is 1. The third kappa shape index (κ3) is 4.84. The van der Waals surface area contributed by atoms with Gasteiger partial charge in [-0.25, -0.2) is 4.39 Å². The molecule has 126 valence electrons. The average Bonchev–Trinajstić information content (AvgIpc) is 2.61. The number of hydrogen-bond acceptors (Lipinski definition) is 4. The predicted molar refractivity (Wildman–Crippen MR) is 95.2 cm³/mol. The largest absolute Gasteiger partial charge is 0.339 e. The van der Waals surface area contributed by atoms with Gasteiger partial charge in [0.1, 0.15) is 5.82 Å². The molecule has 0 fully saturated rings. The van der Waals surface area contributed by atoms with Crippen molar-refractivity contribution in [3.63, 3.8) is 0 Å². The monoisotopic (exact) mass is 336 g/mol. The average molecular weight is 336 g/mol. The lowest BCUT2D eigenvalue weighted by Gasteiger charge is -2.07. The number of aromatic nitrogens is 2. The van der Waals surface area contributed by atoms with Crippen molar-refractivity contribution < 1.29 is 9.18 Å². The molecule has 2 N–H and O–H groups in total. The van der Waals surface area contributed by atoms with Crippen LogP contribution in [-0.2, 0) is 11.2 Å². The van der Waals surface area contributed by atoms with Crippen molar-refractivity contribution in [2.45, 2.75) is 13.3 Å². The summed E-state index contributed by atoms with van der Waals surface area (Å²) in [5, 5.41) is 13.7. The van der Waals surface area contributed by atoms with Crippen LogP contribution in [0.4, 0.5) is 21.7 Å². The van der Waals surface area contributed by atoms with Gasteiger partial charge in [-0.1, -0.05) is 29.8 Å². The van der Waals surface area contributed by atoms with Crippen LogP contribution in [0.1, 0.15) is 11.1 Å². The van der Waals surface area contributed by atoms with Gasteiger partial charge >= 0.3 is 0 Å². The van der Waals surface area contributed by atoms with Crippen molar-refractivity contribution in [3.05, 3.63) is 77.6 Å². The van der Waals surface area contributed by atoms with Gasteiger partial charge in [-0.15, -0.1) is 10.2 Å². The number of carbonyl (C=O) groups is 1. The highest BCUT2D eigenvalue weighted by atomic mass is 19.1. The Bertz CT molecular complexity index is 846. The zero-order chi connectivity index (χ0) is 17.6. The first kappa shape index (κ1) is 16.6. The van der Waals surface area contributed by atoms with Gasteiger partial charge in [-0.3, -0.25) is 4.79 Å². The molecule has 1 aromatic heterocycles. The molecular weight excluding hydrogens is 319 g/mol. The number of hydrogen-bond donors (Lipinski definition) is 2. The molecular formula is C19H17FN4O. The number of benzene rings is 2. The van der Waals surface area contributed by atoms with Crippen molar-refractivity contribution in [2.24, 2.45) is 0 Å². The second kappa shape index (κ2) is 7.53. The fourth-order valence-corrected chi connectivity index (χ4v) is 2.23. The van der Waals surface area contributed by atoms with Gasteiger partial charge in [0, 0.05) is 5.69 Å². The highest BCUT2D eigenvalue weighted by molar-refractivity contribution is 5.91. The zero-order valence-corrected chi connectivity index (χ0v) is 13.7. The Balaban J connectivity index is 1.57. The van der Waals surface area contributed by atoms with E-state index < -0.39 is 0 Å². The summed E-state index contributed by atoms with van der Waals surface area (Å²) in [5.41, 5.74) is 2.79. The van der Waals surface area contributed by atoms with Crippen LogP contribution in [0.25, 0.3) is 0 Å². The first-order chi connectivity index (χ1) is 12.1. The van der Waals surface area contributed by atoms with E-state index >= 15 is 0 Å². The molecule has 0 radical (unpaired) electrons. The predicted octanol–water partition coefficient (Wildman–Crippen LogP) is 3.85. The van der Waals surface area contributed by atoms with Crippen LogP contribution in [0.15, 0.2) is 60.7 Å². The van der Waals surface area contributed by atoms with Gasteiger partial charge in [-0.2, -0.15) is 0 Å². The molecule has 0 atom stereocenters. The Morgan fingerprint density at radius 3 is 2.20 bits per heavy atom. The maximum absolute atomic E-state index is 12.9. The van der Waals surface area contributed by atoms with Gasteiger partial charge < -0.3 is 10.6 Å². The summed E-state index contributed by atoms with van der Waals surface area (Å²) < 4.78 is 12.9. The van der Waals surface area contributed by atoms with E-state index in [4.69, 9.17) is 0 Å². The number of nitrogens with one attached hydrogen (secondary N) is 2. The zero-order valence-electron chi connectivity index (χ0n) is 13.7. The third-order valence-electron chi connectivity index (χ3n) is 3.53. The van der Waals surface area contributed by atoms with Crippen LogP contribution in [0.3, 0.4) is 0 Å². The number of anilines is 3. The normalized spacial score (nSPS) is 10.3. The molecule has 0 saturated carbocycles. The number of rotatable bonds is 5. The smallest absolute Gasteiger partial charge is 0.229 e. The molecule has 6 heteroatoms. The van der Waals surface area contributed by atoms with E-state index in [-0.39, 0.29) is 18.1 Å². The summed E-state index contributed by atoms with van der Waals surface area (Å²) in [4.78, 5) is 12.0. The minimum absolute atomic E-state index is 0.155. The van der Waals surface area contributed by atoms with Gasteiger partial charge in [0.05, 0.1) is 6.42 Å². The molecule has 0 saturated heterocycles. The molecule has 3 aromatic rings. The SMILES string of the molecule is Cc1ccc(CC(=O)Nc2ccc(Nc3ccc(F)cc3)nn2)cc1. The van der Waals surface area contributed by atoms with Gasteiger partial charge in [0.2, 0.25) is 5.91 Å². The lowest BCUT2D eigenvalue weighted by Crippen LogP contribution is -2.15. The second-order valence-electron chi connectivity index (χ2n) is 5.65. The Morgan fingerprint density at radius 1 is 0.920 bits per heavy atom. The lowest BCUT2D eigenvalue weighted by atomic mass is 10.1. The molecule has 0 spiro atoms.